The van der Waals surface area contributed by atoms with Crippen LogP contribution in [0.15, 0.2) is 24.3 Å². The van der Waals surface area contributed by atoms with Crippen molar-refractivity contribution in [3.05, 3.63) is 29.8 Å². The molecule has 1 fully saturated rings. The van der Waals surface area contributed by atoms with Crippen molar-refractivity contribution in [2.45, 2.75) is 38.8 Å². The third kappa shape index (κ3) is 4.62. The van der Waals surface area contributed by atoms with Gasteiger partial charge in [-0.25, -0.2) is 4.79 Å². The van der Waals surface area contributed by atoms with Crippen molar-refractivity contribution in [3.63, 3.8) is 0 Å². The molecule has 0 bridgehead atoms. The number of amides is 2. The average Bonchev–Trinajstić information content (AvgIpc) is 2.59. The number of rotatable bonds is 5. The highest BCUT2D eigenvalue weighted by Gasteiger charge is 2.24. The molecule has 3 N–H and O–H groups in total. The van der Waals surface area contributed by atoms with E-state index in [0.717, 1.165) is 25.1 Å². The van der Waals surface area contributed by atoms with Gasteiger partial charge in [0, 0.05) is 19.1 Å². The van der Waals surface area contributed by atoms with E-state index >= 15 is 0 Å². The number of hydrogen-bond donors (Lipinski definition) is 3. The van der Waals surface area contributed by atoms with Crippen LogP contribution in [0.25, 0.3) is 0 Å². The Labute approximate surface area is 143 Å². The van der Waals surface area contributed by atoms with Crippen LogP contribution in [0.1, 0.15) is 32.3 Å². The lowest BCUT2D eigenvalue weighted by molar-refractivity contribution is 0.195. The lowest BCUT2D eigenvalue weighted by Crippen LogP contribution is -2.53. The van der Waals surface area contributed by atoms with Crippen LogP contribution in [0.5, 0.6) is 0 Å². The number of aliphatic hydroxyl groups is 1. The van der Waals surface area contributed by atoms with Crippen LogP contribution >= 0.6 is 0 Å². The maximum atomic E-state index is 12.1. The van der Waals surface area contributed by atoms with Crippen molar-refractivity contribution in [1.29, 1.82) is 5.26 Å². The van der Waals surface area contributed by atoms with Gasteiger partial charge in [0.2, 0.25) is 0 Å². The molecule has 2 amide bonds. The number of nitriles is 1. The molecule has 1 heterocycles. The van der Waals surface area contributed by atoms with Gasteiger partial charge in [0.1, 0.15) is 6.07 Å². The maximum absolute atomic E-state index is 12.1. The Morgan fingerprint density at radius 3 is 2.88 bits per heavy atom. The number of nitrogens with zero attached hydrogens (tertiary/aromatic N) is 2. The quantitative estimate of drug-likeness (QED) is 0.769. The van der Waals surface area contributed by atoms with Crippen LogP contribution in [-0.4, -0.2) is 42.9 Å². The molecule has 130 valence electrons. The predicted molar refractivity (Wildman–Crippen MR) is 93.8 cm³/mol. The van der Waals surface area contributed by atoms with Crippen LogP contribution < -0.4 is 15.5 Å². The van der Waals surface area contributed by atoms with Crippen molar-refractivity contribution in [1.82, 2.24) is 10.6 Å². The lowest BCUT2D eigenvalue weighted by Gasteiger charge is -2.35. The first-order valence-electron chi connectivity index (χ1n) is 8.47. The van der Waals surface area contributed by atoms with E-state index in [1.807, 2.05) is 38.1 Å². The molecule has 2 atom stereocenters. The number of anilines is 1. The molecule has 1 saturated heterocycles. The molecule has 6 nitrogen and oxygen atoms in total. The number of nitrogens with one attached hydrogen (secondary N) is 2. The fourth-order valence-corrected chi connectivity index (χ4v) is 2.98. The summed E-state index contributed by atoms with van der Waals surface area (Å²) in [5.74, 6) is 0.172. The van der Waals surface area contributed by atoms with Crippen molar-refractivity contribution in [2.24, 2.45) is 5.92 Å². The van der Waals surface area contributed by atoms with Crippen molar-refractivity contribution >= 4 is 11.7 Å². The van der Waals surface area contributed by atoms with Crippen LogP contribution in [-0.2, 0) is 0 Å². The van der Waals surface area contributed by atoms with Gasteiger partial charge in [-0.15, -0.1) is 0 Å². The molecular weight excluding hydrogens is 304 g/mol. The van der Waals surface area contributed by atoms with Gasteiger partial charge in [-0.2, -0.15) is 5.26 Å². The maximum Gasteiger partial charge on any atom is 0.315 e. The minimum Gasteiger partial charge on any atom is -0.394 e. The zero-order chi connectivity index (χ0) is 17.5. The van der Waals surface area contributed by atoms with E-state index in [2.05, 4.69) is 21.6 Å². The molecule has 0 spiro atoms. The van der Waals surface area contributed by atoms with E-state index in [1.165, 1.54) is 0 Å². The van der Waals surface area contributed by atoms with Gasteiger partial charge >= 0.3 is 6.03 Å². The van der Waals surface area contributed by atoms with Crippen molar-refractivity contribution < 1.29 is 9.90 Å². The molecular formula is C18H26N4O2. The smallest absolute Gasteiger partial charge is 0.315 e. The molecule has 0 unspecified atom stereocenters. The SMILES string of the molecule is CC(C)[C@@H](CO)NC(=O)N[C@@H]1CCCN(c2ccccc2C#N)C1. The highest BCUT2D eigenvalue weighted by atomic mass is 16.3. The predicted octanol–water partition coefficient (Wildman–Crippen LogP) is 1.84. The third-order valence-corrected chi connectivity index (χ3v) is 4.44. The highest BCUT2D eigenvalue weighted by Crippen LogP contribution is 2.23. The molecule has 6 heteroatoms. The van der Waals surface area contributed by atoms with Crippen molar-refractivity contribution in [2.75, 3.05) is 24.6 Å². The molecule has 24 heavy (non-hydrogen) atoms. The summed E-state index contributed by atoms with van der Waals surface area (Å²) in [5, 5.41) is 24.4. The molecule has 0 aliphatic carbocycles. The first-order chi connectivity index (χ1) is 11.5. The lowest BCUT2D eigenvalue weighted by atomic mass is 10.0. The van der Waals surface area contributed by atoms with Gasteiger partial charge in [-0.05, 0) is 30.9 Å². The highest BCUT2D eigenvalue weighted by molar-refractivity contribution is 5.74. The Bertz CT molecular complexity index is 597. The van der Waals surface area contributed by atoms with E-state index < -0.39 is 0 Å². The van der Waals surface area contributed by atoms with Gasteiger partial charge < -0.3 is 20.6 Å². The molecule has 0 saturated carbocycles. The Kier molecular flexibility index (Phi) is 6.44. The molecule has 0 aromatic heterocycles. The second-order valence-electron chi connectivity index (χ2n) is 6.57. The van der Waals surface area contributed by atoms with E-state index in [0.29, 0.717) is 12.1 Å². The number of carbonyl (C=O) groups is 1. The zero-order valence-corrected chi connectivity index (χ0v) is 14.3. The van der Waals surface area contributed by atoms with Crippen molar-refractivity contribution in [3.8, 4) is 6.07 Å². The number of carbonyl (C=O) groups excluding carboxylic acids is 1. The minimum absolute atomic E-state index is 0.0250. The summed E-state index contributed by atoms with van der Waals surface area (Å²) in [4.78, 5) is 14.3. The summed E-state index contributed by atoms with van der Waals surface area (Å²) in [5.41, 5.74) is 1.57. The Hall–Kier alpha value is -2.26. The molecule has 1 aliphatic heterocycles. The summed E-state index contributed by atoms with van der Waals surface area (Å²) < 4.78 is 0. The number of piperidine rings is 1. The molecule has 0 radical (unpaired) electrons. The second kappa shape index (κ2) is 8.55. The number of aliphatic hydroxyl groups excluding tert-OH is 1. The fraction of sp³-hybridized carbons (Fsp3) is 0.556. The number of benzene rings is 1. The van der Waals surface area contributed by atoms with Gasteiger partial charge in [0.15, 0.2) is 0 Å². The zero-order valence-electron chi connectivity index (χ0n) is 14.3. The summed E-state index contributed by atoms with van der Waals surface area (Å²) in [7, 11) is 0. The normalized spacial score (nSPS) is 18.8. The van der Waals surface area contributed by atoms with Gasteiger partial charge in [0.25, 0.3) is 0 Å². The van der Waals surface area contributed by atoms with Gasteiger partial charge in [-0.1, -0.05) is 26.0 Å². The topological polar surface area (TPSA) is 88.4 Å². The largest absolute Gasteiger partial charge is 0.394 e. The van der Waals surface area contributed by atoms with Gasteiger partial charge in [-0.3, -0.25) is 0 Å². The Morgan fingerprint density at radius 2 is 2.21 bits per heavy atom. The summed E-state index contributed by atoms with van der Waals surface area (Å²) >= 11 is 0. The average molecular weight is 330 g/mol. The first kappa shape index (κ1) is 18.1. The Morgan fingerprint density at radius 1 is 1.46 bits per heavy atom. The summed E-state index contributed by atoms with van der Waals surface area (Å²) in [6, 6.07) is 9.30. The molecule has 1 aliphatic rings. The standard InChI is InChI=1S/C18H26N4O2/c1-13(2)16(12-23)21-18(24)20-15-7-5-9-22(11-15)17-8-4-3-6-14(17)10-19/h3-4,6,8,13,15-16,23H,5,7,9,11-12H2,1-2H3,(H2,20,21,24)/t15-,16-/m1/s1. The fourth-order valence-electron chi connectivity index (χ4n) is 2.98. The monoisotopic (exact) mass is 330 g/mol. The van der Waals surface area contributed by atoms with Crippen LogP contribution in [0, 0.1) is 17.2 Å². The van der Waals surface area contributed by atoms with Crippen LogP contribution in [0.2, 0.25) is 0 Å². The van der Waals surface area contributed by atoms with E-state index in [1.54, 1.807) is 0 Å². The number of hydrogen-bond acceptors (Lipinski definition) is 4. The van der Waals surface area contributed by atoms with E-state index in [-0.39, 0.29) is 30.6 Å². The first-order valence-corrected chi connectivity index (χ1v) is 8.47. The number of urea groups is 1. The second-order valence-corrected chi connectivity index (χ2v) is 6.57. The molecule has 2 rings (SSSR count). The molecule has 1 aromatic rings. The summed E-state index contributed by atoms with van der Waals surface area (Å²) in [6.07, 6.45) is 1.86. The van der Waals surface area contributed by atoms with E-state index in [9.17, 15) is 15.2 Å². The number of para-hydroxylation sites is 1. The summed E-state index contributed by atoms with van der Waals surface area (Å²) in [6.45, 7) is 5.41. The van der Waals surface area contributed by atoms with Crippen LogP contribution in [0.4, 0.5) is 10.5 Å². The molecule has 1 aromatic carbocycles. The van der Waals surface area contributed by atoms with Gasteiger partial charge in [0.05, 0.1) is 23.9 Å². The van der Waals surface area contributed by atoms with E-state index in [4.69, 9.17) is 0 Å². The van der Waals surface area contributed by atoms with Crippen LogP contribution in [0.3, 0.4) is 0 Å². The Balaban J connectivity index is 1.96. The third-order valence-electron chi connectivity index (χ3n) is 4.44. The minimum atomic E-state index is -0.247.